The van der Waals surface area contributed by atoms with Crippen molar-refractivity contribution in [1.29, 1.82) is 0 Å². The average molecular weight is 257 g/mol. The van der Waals surface area contributed by atoms with Crippen LogP contribution in [0.25, 0.3) is 0 Å². The summed E-state index contributed by atoms with van der Waals surface area (Å²) in [5.41, 5.74) is 0.713. The third kappa shape index (κ3) is 2.50. The van der Waals surface area contributed by atoms with Gasteiger partial charge >= 0.3 is 0 Å². The highest BCUT2D eigenvalue weighted by Crippen LogP contribution is 2.39. The summed E-state index contributed by atoms with van der Waals surface area (Å²) < 4.78 is 10.9. The van der Waals surface area contributed by atoms with E-state index in [1.165, 1.54) is 0 Å². The molecule has 0 aromatic heterocycles. The molecular formula is C13H17ClO3. The minimum atomic E-state index is -0.566. The predicted octanol–water partition coefficient (Wildman–Crippen LogP) is 3.19. The van der Waals surface area contributed by atoms with Gasteiger partial charge in [-0.3, -0.25) is 0 Å². The van der Waals surface area contributed by atoms with Gasteiger partial charge in [0.1, 0.15) is 13.2 Å². The van der Waals surface area contributed by atoms with E-state index in [0.717, 1.165) is 6.42 Å². The number of ether oxygens (including phenoxy) is 2. The Morgan fingerprint density at radius 2 is 1.88 bits per heavy atom. The summed E-state index contributed by atoms with van der Waals surface area (Å²) in [6.07, 6.45) is 0.328. The van der Waals surface area contributed by atoms with Gasteiger partial charge in [0.05, 0.1) is 11.1 Å². The third-order valence-electron chi connectivity index (χ3n) is 3.16. The Balaban J connectivity index is 2.34. The van der Waals surface area contributed by atoms with Gasteiger partial charge in [-0.2, -0.15) is 0 Å². The van der Waals surface area contributed by atoms with E-state index in [-0.39, 0.29) is 5.92 Å². The van der Waals surface area contributed by atoms with Gasteiger partial charge in [-0.25, -0.2) is 0 Å². The maximum Gasteiger partial charge on any atom is 0.162 e. The van der Waals surface area contributed by atoms with E-state index in [4.69, 9.17) is 21.1 Å². The summed E-state index contributed by atoms with van der Waals surface area (Å²) in [6, 6.07) is 3.50. The fraction of sp³-hybridized carbons (Fsp3) is 0.538. The number of hydrogen-bond donors (Lipinski definition) is 1. The Labute approximate surface area is 106 Å². The maximum atomic E-state index is 10.2. The van der Waals surface area contributed by atoms with Gasteiger partial charge in [-0.05, 0) is 12.0 Å². The molecule has 0 spiro atoms. The highest BCUT2D eigenvalue weighted by molar-refractivity contribution is 6.31. The summed E-state index contributed by atoms with van der Waals surface area (Å²) in [5.74, 6) is 1.48. The van der Waals surface area contributed by atoms with Crippen LogP contribution in [0.5, 0.6) is 11.5 Å². The van der Waals surface area contributed by atoms with Crippen molar-refractivity contribution < 1.29 is 14.6 Å². The first-order valence-corrected chi connectivity index (χ1v) is 6.28. The van der Waals surface area contributed by atoms with Gasteiger partial charge in [0.15, 0.2) is 11.5 Å². The molecule has 0 saturated carbocycles. The number of halogens is 1. The molecule has 1 aromatic carbocycles. The summed E-state index contributed by atoms with van der Waals surface area (Å²) in [5, 5.41) is 10.7. The molecule has 0 bridgehead atoms. The molecule has 2 atom stereocenters. The number of benzene rings is 1. The van der Waals surface area contributed by atoms with Crippen molar-refractivity contribution in [3.63, 3.8) is 0 Å². The van der Waals surface area contributed by atoms with Crippen LogP contribution in [-0.2, 0) is 0 Å². The van der Waals surface area contributed by atoms with Crippen molar-refractivity contribution in [2.24, 2.45) is 5.92 Å². The zero-order chi connectivity index (χ0) is 12.4. The minimum absolute atomic E-state index is 0.162. The molecule has 2 unspecified atom stereocenters. The van der Waals surface area contributed by atoms with Crippen molar-refractivity contribution in [3.8, 4) is 11.5 Å². The zero-order valence-electron chi connectivity index (χ0n) is 10.1. The maximum absolute atomic E-state index is 10.2. The molecule has 0 radical (unpaired) electrons. The molecule has 94 valence electrons. The van der Waals surface area contributed by atoms with Crippen LogP contribution in [0.3, 0.4) is 0 Å². The monoisotopic (exact) mass is 256 g/mol. The molecule has 1 heterocycles. The second-order valence-corrected chi connectivity index (χ2v) is 4.75. The highest BCUT2D eigenvalue weighted by atomic mass is 35.5. The van der Waals surface area contributed by atoms with Crippen LogP contribution in [0, 0.1) is 5.92 Å². The highest BCUT2D eigenvalue weighted by Gasteiger charge is 2.22. The van der Waals surface area contributed by atoms with Crippen LogP contribution in [0.2, 0.25) is 5.02 Å². The molecule has 1 aliphatic rings. The lowest BCUT2D eigenvalue weighted by atomic mass is 9.95. The Kier molecular flexibility index (Phi) is 3.79. The lowest BCUT2D eigenvalue weighted by Crippen LogP contribution is -2.16. The largest absolute Gasteiger partial charge is 0.486 e. The second kappa shape index (κ2) is 5.15. The number of aliphatic hydroxyl groups excluding tert-OH is 1. The van der Waals surface area contributed by atoms with Crippen molar-refractivity contribution >= 4 is 11.6 Å². The number of rotatable bonds is 3. The van der Waals surface area contributed by atoms with Crippen LogP contribution < -0.4 is 9.47 Å². The van der Waals surface area contributed by atoms with Crippen LogP contribution in [0.4, 0.5) is 0 Å². The summed E-state index contributed by atoms with van der Waals surface area (Å²) in [6.45, 7) is 5.11. The predicted molar refractivity (Wildman–Crippen MR) is 66.9 cm³/mol. The van der Waals surface area contributed by atoms with E-state index in [2.05, 4.69) is 0 Å². The van der Waals surface area contributed by atoms with Crippen molar-refractivity contribution in [3.05, 3.63) is 22.7 Å². The van der Waals surface area contributed by atoms with Crippen LogP contribution >= 0.6 is 11.6 Å². The Hall–Kier alpha value is -0.930. The Bertz CT molecular complexity index is 406. The van der Waals surface area contributed by atoms with Gasteiger partial charge in [-0.1, -0.05) is 31.9 Å². The Morgan fingerprint density at radius 3 is 2.47 bits per heavy atom. The molecule has 3 nitrogen and oxygen atoms in total. The second-order valence-electron chi connectivity index (χ2n) is 4.35. The zero-order valence-corrected chi connectivity index (χ0v) is 10.8. The number of fused-ring (bicyclic) bond motifs is 1. The fourth-order valence-electron chi connectivity index (χ4n) is 1.84. The van der Waals surface area contributed by atoms with E-state index >= 15 is 0 Å². The van der Waals surface area contributed by atoms with Gasteiger partial charge in [0.2, 0.25) is 0 Å². The van der Waals surface area contributed by atoms with E-state index in [0.29, 0.717) is 35.3 Å². The molecule has 0 fully saturated rings. The van der Waals surface area contributed by atoms with E-state index < -0.39 is 6.10 Å². The van der Waals surface area contributed by atoms with Crippen molar-refractivity contribution in [1.82, 2.24) is 0 Å². The van der Waals surface area contributed by atoms with Crippen molar-refractivity contribution in [2.45, 2.75) is 26.4 Å². The van der Waals surface area contributed by atoms with E-state index in [9.17, 15) is 5.11 Å². The van der Waals surface area contributed by atoms with Crippen LogP contribution in [-0.4, -0.2) is 18.3 Å². The van der Waals surface area contributed by atoms with E-state index in [1.54, 1.807) is 12.1 Å². The standard InChI is InChI=1S/C13H17ClO3/c1-3-8(2)13(15)9-6-11-12(7-10(9)14)17-5-4-16-11/h6-8,13,15H,3-5H2,1-2H3. The third-order valence-corrected chi connectivity index (χ3v) is 3.49. The van der Waals surface area contributed by atoms with E-state index in [1.807, 2.05) is 13.8 Å². The van der Waals surface area contributed by atoms with Gasteiger partial charge in [0.25, 0.3) is 0 Å². The van der Waals surface area contributed by atoms with Crippen LogP contribution in [0.1, 0.15) is 31.9 Å². The first-order chi connectivity index (χ1) is 8.13. The summed E-state index contributed by atoms with van der Waals surface area (Å²) in [7, 11) is 0. The first-order valence-electron chi connectivity index (χ1n) is 5.90. The SMILES string of the molecule is CCC(C)C(O)c1cc2c(cc1Cl)OCCO2. The molecule has 2 rings (SSSR count). The number of hydrogen-bond acceptors (Lipinski definition) is 3. The minimum Gasteiger partial charge on any atom is -0.486 e. The first kappa shape index (κ1) is 12.5. The Morgan fingerprint density at radius 1 is 1.29 bits per heavy atom. The normalized spacial score (nSPS) is 17.6. The van der Waals surface area contributed by atoms with Crippen LogP contribution in [0.15, 0.2) is 12.1 Å². The molecule has 0 aliphatic carbocycles. The molecular weight excluding hydrogens is 240 g/mol. The fourth-order valence-corrected chi connectivity index (χ4v) is 2.10. The molecule has 0 saturated heterocycles. The summed E-state index contributed by atoms with van der Waals surface area (Å²) >= 11 is 6.16. The molecule has 1 aliphatic heterocycles. The average Bonchev–Trinajstić information content (AvgIpc) is 2.36. The van der Waals surface area contributed by atoms with Gasteiger partial charge < -0.3 is 14.6 Å². The summed E-state index contributed by atoms with van der Waals surface area (Å²) in [4.78, 5) is 0. The topological polar surface area (TPSA) is 38.7 Å². The number of aliphatic hydroxyl groups is 1. The lowest BCUT2D eigenvalue weighted by molar-refractivity contribution is 0.114. The molecule has 0 amide bonds. The lowest BCUT2D eigenvalue weighted by Gasteiger charge is -2.23. The smallest absolute Gasteiger partial charge is 0.162 e. The van der Waals surface area contributed by atoms with Gasteiger partial charge in [-0.15, -0.1) is 0 Å². The van der Waals surface area contributed by atoms with Gasteiger partial charge in [0, 0.05) is 11.6 Å². The molecule has 17 heavy (non-hydrogen) atoms. The van der Waals surface area contributed by atoms with Crippen molar-refractivity contribution in [2.75, 3.05) is 13.2 Å². The molecule has 1 aromatic rings. The molecule has 4 heteroatoms. The quantitative estimate of drug-likeness (QED) is 0.903. The molecule has 1 N–H and O–H groups in total.